The molecular formula is C18H19N3. The fourth-order valence-electron chi connectivity index (χ4n) is 2.46. The van der Waals surface area contributed by atoms with Gasteiger partial charge < -0.3 is 10.3 Å². The van der Waals surface area contributed by atoms with Gasteiger partial charge in [-0.05, 0) is 42.7 Å². The topological polar surface area (TPSA) is 43.8 Å². The Labute approximate surface area is 125 Å². The van der Waals surface area contributed by atoms with Gasteiger partial charge in [0.25, 0.3) is 0 Å². The smallest absolute Gasteiger partial charge is 0.0994 e. The third-order valence-electron chi connectivity index (χ3n) is 3.91. The van der Waals surface area contributed by atoms with Crippen LogP contribution < -0.4 is 5.73 Å². The van der Waals surface area contributed by atoms with E-state index in [9.17, 15) is 0 Å². The van der Waals surface area contributed by atoms with E-state index in [-0.39, 0.29) is 6.04 Å². The molecule has 0 amide bonds. The maximum Gasteiger partial charge on any atom is 0.0994 e. The van der Waals surface area contributed by atoms with E-state index < -0.39 is 0 Å². The molecule has 1 unspecified atom stereocenters. The van der Waals surface area contributed by atoms with Crippen LogP contribution in [0.1, 0.15) is 28.4 Å². The number of hydrogen-bond donors (Lipinski definition) is 1. The molecule has 3 rings (SSSR count). The molecule has 2 N–H and O–H groups in total. The number of aryl methyl sites for hydroxylation is 2. The molecule has 3 nitrogen and oxygen atoms in total. The normalized spacial score (nSPS) is 12.3. The van der Waals surface area contributed by atoms with Gasteiger partial charge in [-0.25, -0.2) is 4.98 Å². The molecule has 0 spiro atoms. The van der Waals surface area contributed by atoms with Crippen molar-refractivity contribution in [3.63, 3.8) is 0 Å². The van der Waals surface area contributed by atoms with Gasteiger partial charge in [0.2, 0.25) is 0 Å². The Balaban J connectivity index is 2.03. The Morgan fingerprint density at radius 3 is 2.48 bits per heavy atom. The lowest BCUT2D eigenvalue weighted by atomic mass is 10.0. The van der Waals surface area contributed by atoms with E-state index in [1.54, 1.807) is 0 Å². The highest BCUT2D eigenvalue weighted by Gasteiger charge is 2.14. The molecule has 0 fully saturated rings. The van der Waals surface area contributed by atoms with Gasteiger partial charge in [-0.3, -0.25) is 0 Å². The zero-order chi connectivity index (χ0) is 14.8. The van der Waals surface area contributed by atoms with Gasteiger partial charge in [0.1, 0.15) is 0 Å². The Morgan fingerprint density at radius 1 is 1.00 bits per heavy atom. The van der Waals surface area contributed by atoms with Crippen molar-refractivity contribution in [2.24, 2.45) is 5.73 Å². The van der Waals surface area contributed by atoms with Crippen LogP contribution in [-0.2, 0) is 0 Å². The van der Waals surface area contributed by atoms with Crippen molar-refractivity contribution >= 4 is 0 Å². The van der Waals surface area contributed by atoms with Gasteiger partial charge >= 0.3 is 0 Å². The van der Waals surface area contributed by atoms with E-state index in [1.807, 2.05) is 42.9 Å². The number of hydrogen-bond acceptors (Lipinski definition) is 2. The van der Waals surface area contributed by atoms with Crippen LogP contribution in [0, 0.1) is 13.8 Å². The van der Waals surface area contributed by atoms with Crippen LogP contribution in [0.4, 0.5) is 0 Å². The molecule has 1 heterocycles. The molecule has 21 heavy (non-hydrogen) atoms. The second-order valence-corrected chi connectivity index (χ2v) is 5.35. The lowest BCUT2D eigenvalue weighted by molar-refractivity contribution is 0.793. The van der Waals surface area contributed by atoms with Crippen molar-refractivity contribution in [1.29, 1.82) is 0 Å². The third-order valence-corrected chi connectivity index (χ3v) is 3.91. The minimum Gasteiger partial charge on any atom is -0.319 e. The fourth-order valence-corrected chi connectivity index (χ4v) is 2.46. The predicted octanol–water partition coefficient (Wildman–Crippen LogP) is 3.54. The molecule has 1 aromatic heterocycles. The summed E-state index contributed by atoms with van der Waals surface area (Å²) in [5.74, 6) is 0. The molecule has 3 aromatic rings. The zero-order valence-electron chi connectivity index (χ0n) is 12.3. The highest BCUT2D eigenvalue weighted by atomic mass is 15.1. The molecule has 3 heteroatoms. The van der Waals surface area contributed by atoms with Crippen LogP contribution in [0.2, 0.25) is 0 Å². The Bertz CT molecular complexity index is 744. The Kier molecular flexibility index (Phi) is 3.59. The summed E-state index contributed by atoms with van der Waals surface area (Å²) in [4.78, 5) is 4.28. The molecule has 0 aliphatic carbocycles. The van der Waals surface area contributed by atoms with E-state index in [2.05, 4.69) is 41.6 Å². The SMILES string of the molecule is Cc1ccc(-n2cncc2C(N)c2ccccc2)cc1C. The van der Waals surface area contributed by atoms with Gasteiger partial charge in [0, 0.05) is 5.69 Å². The number of rotatable bonds is 3. The molecular weight excluding hydrogens is 258 g/mol. The van der Waals surface area contributed by atoms with Crippen molar-refractivity contribution in [2.45, 2.75) is 19.9 Å². The minimum absolute atomic E-state index is 0.185. The number of nitrogens with two attached hydrogens (primary N) is 1. The molecule has 0 bridgehead atoms. The third kappa shape index (κ3) is 2.60. The van der Waals surface area contributed by atoms with E-state index in [1.165, 1.54) is 11.1 Å². The summed E-state index contributed by atoms with van der Waals surface area (Å²) in [6.07, 6.45) is 3.66. The van der Waals surface area contributed by atoms with Crippen molar-refractivity contribution in [3.05, 3.63) is 83.4 Å². The lowest BCUT2D eigenvalue weighted by Crippen LogP contribution is -2.15. The fraction of sp³-hybridized carbons (Fsp3) is 0.167. The molecule has 106 valence electrons. The van der Waals surface area contributed by atoms with Crippen LogP contribution in [0.5, 0.6) is 0 Å². The Morgan fingerprint density at radius 2 is 1.76 bits per heavy atom. The van der Waals surface area contributed by atoms with Crippen LogP contribution in [0.15, 0.2) is 61.1 Å². The van der Waals surface area contributed by atoms with E-state index in [0.29, 0.717) is 0 Å². The summed E-state index contributed by atoms with van der Waals surface area (Å²) < 4.78 is 2.06. The average Bonchev–Trinajstić information content (AvgIpc) is 2.99. The second-order valence-electron chi connectivity index (χ2n) is 5.35. The standard InChI is InChI=1S/C18H19N3/c1-13-8-9-16(10-14(13)2)21-12-20-11-17(21)18(19)15-6-4-3-5-7-15/h3-12,18H,19H2,1-2H3. The highest BCUT2D eigenvalue weighted by Crippen LogP contribution is 2.23. The van der Waals surface area contributed by atoms with Gasteiger partial charge in [0.15, 0.2) is 0 Å². The van der Waals surface area contributed by atoms with E-state index >= 15 is 0 Å². The van der Waals surface area contributed by atoms with Gasteiger partial charge in [-0.1, -0.05) is 36.4 Å². The minimum atomic E-state index is -0.185. The summed E-state index contributed by atoms with van der Waals surface area (Å²) >= 11 is 0. The maximum absolute atomic E-state index is 6.41. The second kappa shape index (κ2) is 5.54. The average molecular weight is 277 g/mol. The van der Waals surface area contributed by atoms with Crippen LogP contribution in [0.25, 0.3) is 5.69 Å². The first-order valence-corrected chi connectivity index (χ1v) is 7.07. The highest BCUT2D eigenvalue weighted by molar-refractivity contribution is 5.42. The van der Waals surface area contributed by atoms with Gasteiger partial charge in [-0.2, -0.15) is 0 Å². The number of benzene rings is 2. The van der Waals surface area contributed by atoms with Crippen LogP contribution >= 0.6 is 0 Å². The van der Waals surface area contributed by atoms with Crippen molar-refractivity contribution in [2.75, 3.05) is 0 Å². The molecule has 1 atom stereocenters. The molecule has 0 saturated heterocycles. The molecule has 0 aliphatic rings. The quantitative estimate of drug-likeness (QED) is 0.795. The number of imidazole rings is 1. The summed E-state index contributed by atoms with van der Waals surface area (Å²) in [5.41, 5.74) is 12.1. The zero-order valence-corrected chi connectivity index (χ0v) is 12.3. The molecule has 2 aromatic carbocycles. The summed E-state index contributed by atoms with van der Waals surface area (Å²) in [7, 11) is 0. The molecule has 0 aliphatic heterocycles. The van der Waals surface area contributed by atoms with Crippen LogP contribution in [-0.4, -0.2) is 9.55 Å². The summed E-state index contributed by atoms with van der Waals surface area (Å²) in [6, 6.07) is 16.3. The largest absolute Gasteiger partial charge is 0.319 e. The number of nitrogens with zero attached hydrogens (tertiary/aromatic N) is 2. The molecule has 0 saturated carbocycles. The van der Waals surface area contributed by atoms with Gasteiger partial charge in [-0.15, -0.1) is 0 Å². The summed E-state index contributed by atoms with van der Waals surface area (Å²) in [6.45, 7) is 4.23. The first-order valence-electron chi connectivity index (χ1n) is 7.07. The maximum atomic E-state index is 6.41. The predicted molar refractivity (Wildman–Crippen MR) is 85.5 cm³/mol. The van der Waals surface area contributed by atoms with Crippen molar-refractivity contribution in [1.82, 2.24) is 9.55 Å². The van der Waals surface area contributed by atoms with E-state index in [4.69, 9.17) is 5.73 Å². The first kappa shape index (κ1) is 13.6. The first-order chi connectivity index (χ1) is 10.2. The number of aromatic nitrogens is 2. The van der Waals surface area contributed by atoms with Crippen molar-refractivity contribution in [3.8, 4) is 5.69 Å². The Hall–Kier alpha value is -2.39. The molecule has 0 radical (unpaired) electrons. The van der Waals surface area contributed by atoms with Gasteiger partial charge in [0.05, 0.1) is 24.3 Å². The lowest BCUT2D eigenvalue weighted by Gasteiger charge is -2.16. The van der Waals surface area contributed by atoms with Crippen LogP contribution in [0.3, 0.4) is 0 Å². The summed E-state index contributed by atoms with van der Waals surface area (Å²) in [5, 5.41) is 0. The monoisotopic (exact) mass is 277 g/mol. The van der Waals surface area contributed by atoms with Crippen molar-refractivity contribution < 1.29 is 0 Å². The van der Waals surface area contributed by atoms with E-state index in [0.717, 1.165) is 16.9 Å².